The zero-order valence-electron chi connectivity index (χ0n) is 16.8. The van der Waals surface area contributed by atoms with Crippen molar-refractivity contribution in [2.45, 2.75) is 90.8 Å². The summed E-state index contributed by atoms with van der Waals surface area (Å²) in [7, 11) is 0. The van der Waals surface area contributed by atoms with Crippen molar-refractivity contribution in [3.63, 3.8) is 0 Å². The Morgan fingerprint density at radius 1 is 1.00 bits per heavy atom. The number of rotatable bonds is 2. The molecule has 4 aliphatic rings. The Kier molecular flexibility index (Phi) is 4.68. The molecule has 10 atom stereocenters. The van der Waals surface area contributed by atoms with E-state index in [1.165, 1.54) is 25.7 Å². The molecule has 146 valence electrons. The summed E-state index contributed by atoms with van der Waals surface area (Å²) in [5.74, 6) is 3.27. The van der Waals surface area contributed by atoms with Crippen LogP contribution in [0.5, 0.6) is 0 Å². The van der Waals surface area contributed by atoms with Crippen LogP contribution in [-0.4, -0.2) is 22.4 Å². The second kappa shape index (κ2) is 6.49. The average Bonchev–Trinajstić information content (AvgIpc) is 2.94. The second-order valence-electron chi connectivity index (χ2n) is 10.8. The fourth-order valence-corrected chi connectivity index (χ4v) is 8.46. The van der Waals surface area contributed by atoms with Crippen molar-refractivity contribution in [2.24, 2.45) is 46.3 Å². The lowest BCUT2D eigenvalue weighted by atomic mass is 9.43. The van der Waals surface area contributed by atoms with Gasteiger partial charge in [-0.15, -0.1) is 0 Å². The molecule has 4 fully saturated rings. The molecule has 2 N–H and O–H groups in total. The summed E-state index contributed by atoms with van der Waals surface area (Å²) in [6.07, 6.45) is 9.12. The minimum absolute atomic E-state index is 0.159. The molecule has 0 aromatic rings. The van der Waals surface area contributed by atoms with Crippen LogP contribution in [0, 0.1) is 57.7 Å². The molecule has 0 unspecified atom stereocenters. The summed E-state index contributed by atoms with van der Waals surface area (Å²) in [6.45, 7) is 7.22. The number of hydrogen-bond donors (Lipinski definition) is 2. The third kappa shape index (κ3) is 2.59. The summed E-state index contributed by atoms with van der Waals surface area (Å²) >= 11 is 0. The topological polar surface area (TPSA) is 64.2 Å². The number of nitriles is 1. The van der Waals surface area contributed by atoms with Gasteiger partial charge >= 0.3 is 0 Å². The average molecular weight is 360 g/mol. The zero-order valence-corrected chi connectivity index (χ0v) is 16.8. The lowest BCUT2D eigenvalue weighted by Gasteiger charge is -2.62. The van der Waals surface area contributed by atoms with E-state index in [1.807, 2.05) is 0 Å². The van der Waals surface area contributed by atoms with Crippen molar-refractivity contribution in [1.82, 2.24) is 0 Å². The van der Waals surface area contributed by atoms with Crippen molar-refractivity contribution < 1.29 is 10.2 Å². The van der Waals surface area contributed by atoms with Gasteiger partial charge in [0.15, 0.2) is 0 Å². The highest BCUT2D eigenvalue weighted by molar-refractivity contribution is 5.12. The van der Waals surface area contributed by atoms with Gasteiger partial charge in [-0.05, 0) is 97.7 Å². The fraction of sp³-hybridized carbons (Fsp3) is 0.957. The Morgan fingerprint density at radius 3 is 2.42 bits per heavy atom. The molecule has 4 aliphatic carbocycles. The smallest absolute Gasteiger partial charge is 0.0624 e. The first-order chi connectivity index (χ1) is 12.3. The summed E-state index contributed by atoms with van der Waals surface area (Å²) < 4.78 is 0. The van der Waals surface area contributed by atoms with E-state index < -0.39 is 0 Å². The summed E-state index contributed by atoms with van der Waals surface area (Å²) in [6, 6.07) is 2.40. The molecule has 0 amide bonds. The van der Waals surface area contributed by atoms with Crippen molar-refractivity contribution >= 4 is 0 Å². The van der Waals surface area contributed by atoms with Crippen LogP contribution in [0.25, 0.3) is 0 Å². The van der Waals surface area contributed by atoms with Gasteiger partial charge in [0.1, 0.15) is 0 Å². The Bertz CT molecular complexity index is 585. The third-order valence-electron chi connectivity index (χ3n) is 9.83. The van der Waals surface area contributed by atoms with E-state index in [0.717, 1.165) is 25.7 Å². The maximum atomic E-state index is 11.2. The van der Waals surface area contributed by atoms with Gasteiger partial charge in [-0.25, -0.2) is 0 Å². The summed E-state index contributed by atoms with van der Waals surface area (Å²) in [5, 5.41) is 30.6. The molecule has 0 spiro atoms. The maximum absolute atomic E-state index is 11.2. The SMILES string of the molecule is C[C@H](CC#N)[C@H]1CC[C@H]2[C@@H]3[C@H](O)C[C@@H]4C[C@H](O)CC[C@]4(C)[C@H]3CC[C@]12C. The number of aliphatic hydroxyl groups excluding tert-OH is 2. The monoisotopic (exact) mass is 359 g/mol. The Morgan fingerprint density at radius 2 is 1.69 bits per heavy atom. The van der Waals surface area contributed by atoms with Crippen molar-refractivity contribution in [3.05, 3.63) is 0 Å². The Labute approximate surface area is 159 Å². The number of hydrogen-bond acceptors (Lipinski definition) is 3. The van der Waals surface area contributed by atoms with E-state index in [-0.39, 0.29) is 12.2 Å². The third-order valence-corrected chi connectivity index (χ3v) is 9.83. The Hall–Kier alpha value is -0.590. The van der Waals surface area contributed by atoms with E-state index in [9.17, 15) is 15.5 Å². The van der Waals surface area contributed by atoms with Crippen LogP contribution in [0.3, 0.4) is 0 Å². The molecule has 0 aromatic heterocycles. The molecule has 4 rings (SSSR count). The van der Waals surface area contributed by atoms with Crippen LogP contribution < -0.4 is 0 Å². The lowest BCUT2D eigenvalue weighted by molar-refractivity contribution is -0.174. The van der Waals surface area contributed by atoms with Gasteiger partial charge in [-0.1, -0.05) is 20.8 Å². The van der Waals surface area contributed by atoms with Crippen LogP contribution >= 0.6 is 0 Å². The molecule has 0 saturated heterocycles. The molecule has 0 heterocycles. The largest absolute Gasteiger partial charge is 0.393 e. The highest BCUT2D eigenvalue weighted by Crippen LogP contribution is 2.68. The van der Waals surface area contributed by atoms with Crippen molar-refractivity contribution in [3.8, 4) is 6.07 Å². The minimum Gasteiger partial charge on any atom is -0.393 e. The van der Waals surface area contributed by atoms with Crippen LogP contribution in [0.1, 0.15) is 78.6 Å². The van der Waals surface area contributed by atoms with E-state index in [2.05, 4.69) is 26.8 Å². The fourth-order valence-electron chi connectivity index (χ4n) is 8.46. The van der Waals surface area contributed by atoms with Gasteiger partial charge in [0.05, 0.1) is 18.3 Å². The number of fused-ring (bicyclic) bond motifs is 5. The molecule has 0 aliphatic heterocycles. The highest BCUT2D eigenvalue weighted by atomic mass is 16.3. The van der Waals surface area contributed by atoms with Gasteiger partial charge in [0.25, 0.3) is 0 Å². The first-order valence-corrected chi connectivity index (χ1v) is 11.0. The predicted molar refractivity (Wildman–Crippen MR) is 102 cm³/mol. The minimum atomic E-state index is -0.196. The molecule has 0 radical (unpaired) electrons. The second-order valence-corrected chi connectivity index (χ2v) is 10.8. The van der Waals surface area contributed by atoms with Gasteiger partial charge in [0, 0.05) is 6.42 Å². The quantitative estimate of drug-likeness (QED) is 0.761. The molecule has 0 aromatic carbocycles. The van der Waals surface area contributed by atoms with Gasteiger partial charge in [0.2, 0.25) is 0 Å². The molecule has 26 heavy (non-hydrogen) atoms. The van der Waals surface area contributed by atoms with E-state index in [0.29, 0.717) is 52.8 Å². The zero-order chi connectivity index (χ0) is 18.7. The van der Waals surface area contributed by atoms with Crippen LogP contribution in [-0.2, 0) is 0 Å². The van der Waals surface area contributed by atoms with Gasteiger partial charge < -0.3 is 10.2 Å². The number of nitrogens with zero attached hydrogens (tertiary/aromatic N) is 1. The first kappa shape index (κ1) is 18.8. The van der Waals surface area contributed by atoms with E-state index >= 15 is 0 Å². The molecular formula is C23H37NO2. The molecule has 3 nitrogen and oxygen atoms in total. The van der Waals surface area contributed by atoms with Crippen LogP contribution in [0.4, 0.5) is 0 Å². The first-order valence-electron chi connectivity index (χ1n) is 11.0. The van der Waals surface area contributed by atoms with Crippen molar-refractivity contribution in [2.75, 3.05) is 0 Å². The highest BCUT2D eigenvalue weighted by Gasteiger charge is 2.62. The normalized spacial score (nSPS) is 54.5. The molecular weight excluding hydrogens is 322 g/mol. The number of aliphatic hydroxyl groups is 2. The standard InChI is InChI=1S/C23H37NO2/c1-14(8-11-24)17-4-5-18-21-19(7-10-23(17,18)3)22(2)9-6-16(25)12-15(22)13-20(21)26/h14-21,25-26H,4-10,12-13H2,1-3H3/t14-,15+,16-,17-,18+,19+,20-,21+,22+,23-/m1/s1. The maximum Gasteiger partial charge on any atom is 0.0624 e. The summed E-state index contributed by atoms with van der Waals surface area (Å²) in [4.78, 5) is 0. The molecule has 0 bridgehead atoms. The Balaban J connectivity index is 1.62. The lowest BCUT2D eigenvalue weighted by Crippen LogP contribution is -2.58. The molecule has 3 heteroatoms. The van der Waals surface area contributed by atoms with Crippen LogP contribution in [0.15, 0.2) is 0 Å². The van der Waals surface area contributed by atoms with Gasteiger partial charge in [-0.2, -0.15) is 5.26 Å². The van der Waals surface area contributed by atoms with Crippen molar-refractivity contribution in [1.29, 1.82) is 5.26 Å². The summed E-state index contributed by atoms with van der Waals surface area (Å²) in [5.41, 5.74) is 0.608. The van der Waals surface area contributed by atoms with E-state index in [4.69, 9.17) is 0 Å². The molecule has 4 saturated carbocycles. The predicted octanol–water partition coefficient (Wildman–Crippen LogP) is 4.53. The van der Waals surface area contributed by atoms with Gasteiger partial charge in [-0.3, -0.25) is 0 Å². The van der Waals surface area contributed by atoms with Crippen LogP contribution in [0.2, 0.25) is 0 Å². The van der Waals surface area contributed by atoms with E-state index in [1.54, 1.807) is 0 Å².